The number of carbonyl (C=O) groups excluding carboxylic acids is 1. The lowest BCUT2D eigenvalue weighted by Gasteiger charge is -2.14. The molecule has 0 radical (unpaired) electrons. The van der Waals surface area contributed by atoms with E-state index in [0.29, 0.717) is 22.5 Å². The van der Waals surface area contributed by atoms with Gasteiger partial charge in [0.1, 0.15) is 11.6 Å². The van der Waals surface area contributed by atoms with Crippen LogP contribution in [-0.2, 0) is 4.79 Å². The number of aromatic nitrogens is 1. The van der Waals surface area contributed by atoms with Crippen molar-refractivity contribution in [1.29, 1.82) is 5.26 Å². The van der Waals surface area contributed by atoms with Crippen LogP contribution in [0, 0.1) is 32.1 Å². The molecule has 0 fully saturated rings. The number of hydrogen-bond donors (Lipinski definition) is 2. The number of hydrogen-bond acceptors (Lipinski definition) is 3. The number of benzene rings is 1. The predicted octanol–water partition coefficient (Wildman–Crippen LogP) is 2.80. The van der Waals surface area contributed by atoms with Crippen LogP contribution in [0.1, 0.15) is 29.3 Å². The Kier molecular flexibility index (Phi) is 4.13. The maximum Gasteiger partial charge on any atom is 0.266 e. The first-order valence-corrected chi connectivity index (χ1v) is 6.86. The molecule has 0 spiro atoms. The van der Waals surface area contributed by atoms with Crippen molar-refractivity contribution < 1.29 is 4.79 Å². The lowest BCUT2D eigenvalue weighted by molar-refractivity contribution is -0.114. The highest BCUT2D eigenvalue weighted by Gasteiger charge is 2.15. The zero-order chi connectivity index (χ0) is 16.4. The summed E-state index contributed by atoms with van der Waals surface area (Å²) in [6.07, 6.45) is 0. The van der Waals surface area contributed by atoms with Gasteiger partial charge in [0.2, 0.25) is 5.91 Å². The summed E-state index contributed by atoms with van der Waals surface area (Å²) in [6, 6.07) is 7.43. The zero-order valence-corrected chi connectivity index (χ0v) is 13.0. The van der Waals surface area contributed by atoms with Gasteiger partial charge in [0, 0.05) is 29.4 Å². The molecule has 2 aromatic rings. The van der Waals surface area contributed by atoms with E-state index < -0.39 is 5.56 Å². The number of rotatable bonds is 2. The molecule has 1 aromatic heterocycles. The topological polar surface area (TPSA) is 85.8 Å². The molecule has 1 aromatic carbocycles. The second-order valence-electron chi connectivity index (χ2n) is 5.35. The van der Waals surface area contributed by atoms with Gasteiger partial charge < -0.3 is 10.3 Å². The molecule has 0 saturated heterocycles. The molecular weight excluding hydrogens is 278 g/mol. The molecule has 0 atom stereocenters. The first-order chi connectivity index (χ1) is 10.3. The van der Waals surface area contributed by atoms with Crippen molar-refractivity contribution in [1.82, 2.24) is 4.98 Å². The van der Waals surface area contributed by atoms with E-state index in [-0.39, 0.29) is 11.5 Å². The largest absolute Gasteiger partial charge is 0.326 e. The van der Waals surface area contributed by atoms with Gasteiger partial charge in [0.25, 0.3) is 5.56 Å². The first-order valence-electron chi connectivity index (χ1n) is 6.86. The fraction of sp³-hybridized carbons (Fsp3) is 0.235. The number of carbonyl (C=O) groups is 1. The summed E-state index contributed by atoms with van der Waals surface area (Å²) in [5.74, 6) is -0.204. The van der Waals surface area contributed by atoms with Crippen molar-refractivity contribution in [2.24, 2.45) is 0 Å². The number of H-pyrrole nitrogens is 1. The number of amides is 1. The summed E-state index contributed by atoms with van der Waals surface area (Å²) < 4.78 is 0. The van der Waals surface area contributed by atoms with E-state index >= 15 is 0 Å². The standard InChI is InChI=1S/C17H17N3O2/c1-9-5-14(16(6-10(9)2)20-12(4)21)13-7-11(3)19-17(22)15(13)8-18/h5-7H,1-4H3,(H,19,22)(H,20,21). The highest BCUT2D eigenvalue weighted by Crippen LogP contribution is 2.32. The summed E-state index contributed by atoms with van der Waals surface area (Å²) in [4.78, 5) is 26.0. The van der Waals surface area contributed by atoms with E-state index in [9.17, 15) is 14.9 Å². The van der Waals surface area contributed by atoms with Gasteiger partial charge in [0.15, 0.2) is 0 Å². The molecule has 1 amide bonds. The van der Waals surface area contributed by atoms with Gasteiger partial charge in [0.05, 0.1) is 0 Å². The molecule has 112 valence electrons. The lowest BCUT2D eigenvalue weighted by atomic mass is 9.95. The minimum atomic E-state index is -0.426. The van der Waals surface area contributed by atoms with Crippen LogP contribution in [0.4, 0.5) is 5.69 Å². The maximum absolute atomic E-state index is 12.0. The molecule has 0 aliphatic heterocycles. The van der Waals surface area contributed by atoms with Gasteiger partial charge in [-0.3, -0.25) is 9.59 Å². The summed E-state index contributed by atoms with van der Waals surface area (Å²) in [5, 5.41) is 12.1. The first kappa shape index (κ1) is 15.5. The third-order valence-electron chi connectivity index (χ3n) is 3.51. The summed E-state index contributed by atoms with van der Waals surface area (Å²) in [5.41, 5.74) is 4.10. The van der Waals surface area contributed by atoms with Crippen molar-refractivity contribution in [3.05, 3.63) is 50.9 Å². The van der Waals surface area contributed by atoms with Crippen molar-refractivity contribution in [2.45, 2.75) is 27.7 Å². The highest BCUT2D eigenvalue weighted by atomic mass is 16.1. The number of anilines is 1. The minimum Gasteiger partial charge on any atom is -0.326 e. The van der Waals surface area contributed by atoms with Crippen LogP contribution in [0.25, 0.3) is 11.1 Å². The lowest BCUT2D eigenvalue weighted by Crippen LogP contribution is -2.14. The molecular formula is C17H17N3O2. The number of nitrogens with zero attached hydrogens (tertiary/aromatic N) is 1. The molecule has 0 unspecified atom stereocenters. The Hall–Kier alpha value is -2.87. The van der Waals surface area contributed by atoms with Gasteiger partial charge in [-0.2, -0.15) is 5.26 Å². The molecule has 0 saturated carbocycles. The molecule has 2 N–H and O–H groups in total. The van der Waals surface area contributed by atoms with Crippen LogP contribution < -0.4 is 10.9 Å². The molecule has 2 rings (SSSR count). The molecule has 0 aliphatic carbocycles. The monoisotopic (exact) mass is 295 g/mol. The molecule has 0 aliphatic rings. The minimum absolute atomic E-state index is 0.0421. The van der Waals surface area contributed by atoms with Crippen molar-refractivity contribution in [3.63, 3.8) is 0 Å². The van der Waals surface area contributed by atoms with Crippen LogP contribution in [0.3, 0.4) is 0 Å². The Morgan fingerprint density at radius 2 is 1.77 bits per heavy atom. The van der Waals surface area contributed by atoms with Crippen molar-refractivity contribution >= 4 is 11.6 Å². The Labute approximate surface area is 128 Å². The van der Waals surface area contributed by atoms with Gasteiger partial charge in [-0.25, -0.2) is 0 Å². The normalized spacial score (nSPS) is 10.1. The molecule has 1 heterocycles. The number of pyridine rings is 1. The van der Waals surface area contributed by atoms with E-state index in [1.807, 2.05) is 32.0 Å². The Balaban J connectivity index is 2.82. The number of nitriles is 1. The second kappa shape index (κ2) is 5.86. The average Bonchev–Trinajstić information content (AvgIpc) is 2.41. The number of aryl methyl sites for hydroxylation is 3. The van der Waals surface area contributed by atoms with Crippen molar-refractivity contribution in [3.8, 4) is 17.2 Å². The summed E-state index contributed by atoms with van der Waals surface area (Å²) in [7, 11) is 0. The fourth-order valence-corrected chi connectivity index (χ4v) is 2.34. The number of nitrogens with one attached hydrogen (secondary N) is 2. The highest BCUT2D eigenvalue weighted by molar-refractivity contribution is 5.95. The van der Waals surface area contributed by atoms with Crippen LogP contribution >= 0.6 is 0 Å². The molecule has 22 heavy (non-hydrogen) atoms. The maximum atomic E-state index is 12.0. The zero-order valence-electron chi connectivity index (χ0n) is 13.0. The summed E-state index contributed by atoms with van der Waals surface area (Å²) in [6.45, 7) is 7.07. The smallest absolute Gasteiger partial charge is 0.266 e. The Bertz CT molecular complexity index is 857. The van der Waals surface area contributed by atoms with E-state index in [0.717, 1.165) is 11.1 Å². The molecule has 5 heteroatoms. The third-order valence-corrected chi connectivity index (χ3v) is 3.51. The SMILES string of the molecule is CC(=O)Nc1cc(C)c(C)cc1-c1cc(C)[nH]c(=O)c1C#N. The Morgan fingerprint density at radius 1 is 1.14 bits per heavy atom. The summed E-state index contributed by atoms with van der Waals surface area (Å²) >= 11 is 0. The van der Waals surface area contributed by atoms with Gasteiger partial charge in [-0.05, 0) is 50.1 Å². The number of aromatic amines is 1. The van der Waals surface area contributed by atoms with Crippen LogP contribution in [0.5, 0.6) is 0 Å². The van der Waals surface area contributed by atoms with E-state index in [4.69, 9.17) is 0 Å². The quantitative estimate of drug-likeness (QED) is 0.893. The van der Waals surface area contributed by atoms with Crippen LogP contribution in [0.2, 0.25) is 0 Å². The van der Waals surface area contributed by atoms with Gasteiger partial charge in [-0.1, -0.05) is 0 Å². The van der Waals surface area contributed by atoms with Crippen molar-refractivity contribution in [2.75, 3.05) is 5.32 Å². The third kappa shape index (κ3) is 2.91. The van der Waals surface area contributed by atoms with Gasteiger partial charge in [-0.15, -0.1) is 0 Å². The molecule has 5 nitrogen and oxygen atoms in total. The predicted molar refractivity (Wildman–Crippen MR) is 85.7 cm³/mol. The van der Waals surface area contributed by atoms with Crippen LogP contribution in [-0.4, -0.2) is 10.9 Å². The van der Waals surface area contributed by atoms with Crippen LogP contribution in [0.15, 0.2) is 23.0 Å². The fourth-order valence-electron chi connectivity index (χ4n) is 2.34. The van der Waals surface area contributed by atoms with E-state index in [1.54, 1.807) is 13.0 Å². The van der Waals surface area contributed by atoms with Gasteiger partial charge >= 0.3 is 0 Å². The van der Waals surface area contributed by atoms with E-state index in [1.165, 1.54) is 6.92 Å². The second-order valence-corrected chi connectivity index (χ2v) is 5.35. The molecule has 0 bridgehead atoms. The van der Waals surface area contributed by atoms with E-state index in [2.05, 4.69) is 10.3 Å². The Morgan fingerprint density at radius 3 is 2.36 bits per heavy atom. The average molecular weight is 295 g/mol.